The van der Waals surface area contributed by atoms with Crippen molar-refractivity contribution < 1.29 is 9.53 Å². The van der Waals surface area contributed by atoms with Crippen LogP contribution < -0.4 is 15.6 Å². The summed E-state index contributed by atoms with van der Waals surface area (Å²) in [5.41, 5.74) is 2.18. The average molecular weight is 418 g/mol. The molecule has 7 heteroatoms. The number of nitrogens with one attached hydrogen (secondary N) is 1. The minimum absolute atomic E-state index is 0.112. The molecule has 0 spiro atoms. The van der Waals surface area contributed by atoms with Gasteiger partial charge in [0, 0.05) is 24.4 Å². The highest BCUT2D eigenvalue weighted by atomic mass is 16.5. The molecule has 0 fully saturated rings. The van der Waals surface area contributed by atoms with Crippen molar-refractivity contribution in [1.29, 1.82) is 0 Å². The Morgan fingerprint density at radius 1 is 1.13 bits per heavy atom. The molecule has 4 aromatic rings. The third-order valence-electron chi connectivity index (χ3n) is 5.69. The first kappa shape index (κ1) is 20.7. The molecule has 2 heterocycles. The van der Waals surface area contributed by atoms with Gasteiger partial charge in [-0.15, -0.1) is 0 Å². The zero-order valence-electron chi connectivity index (χ0n) is 18.0. The fraction of sp³-hybridized carbons (Fsp3) is 0.292. The molecule has 160 valence electrons. The normalized spacial score (nSPS) is 12.2. The number of nitrogens with zero attached hydrogens (tertiary/aromatic N) is 3. The number of fused-ring (bicyclic) bond motifs is 3. The molecule has 2 aromatic carbocycles. The average Bonchev–Trinajstić information content (AvgIpc) is 3.12. The van der Waals surface area contributed by atoms with Crippen LogP contribution in [-0.2, 0) is 18.3 Å². The van der Waals surface area contributed by atoms with Gasteiger partial charge in [0.05, 0.1) is 18.8 Å². The number of carbonyl (C=O) groups excluding carboxylic acids is 1. The molecule has 0 saturated heterocycles. The van der Waals surface area contributed by atoms with E-state index < -0.39 is 6.04 Å². The lowest BCUT2D eigenvalue weighted by molar-refractivity contribution is -0.124. The van der Waals surface area contributed by atoms with Crippen LogP contribution in [0.25, 0.3) is 21.8 Å². The van der Waals surface area contributed by atoms with Crippen LogP contribution in [-0.4, -0.2) is 33.9 Å². The summed E-state index contributed by atoms with van der Waals surface area (Å²) in [6.07, 6.45) is 2.91. The van der Waals surface area contributed by atoms with E-state index in [9.17, 15) is 9.59 Å². The Hall–Kier alpha value is -3.61. The summed E-state index contributed by atoms with van der Waals surface area (Å²) in [6, 6.07) is 15.0. The Morgan fingerprint density at radius 3 is 2.65 bits per heavy atom. The zero-order valence-corrected chi connectivity index (χ0v) is 18.0. The molecule has 0 aliphatic carbocycles. The van der Waals surface area contributed by atoms with E-state index in [0.29, 0.717) is 24.9 Å². The lowest BCUT2D eigenvalue weighted by atomic mass is 10.1. The van der Waals surface area contributed by atoms with E-state index in [1.807, 2.05) is 60.0 Å². The maximum atomic E-state index is 13.2. The number of hydrogen-bond acceptors (Lipinski definition) is 4. The molecule has 0 bridgehead atoms. The van der Waals surface area contributed by atoms with Crippen molar-refractivity contribution in [2.24, 2.45) is 7.05 Å². The second kappa shape index (κ2) is 8.63. The maximum absolute atomic E-state index is 13.2. The SMILES string of the molecule is CC[C@@H](C(=O)NCCc1ccccc1OC)n1c2ccccc2c2cnn(C)c(=O)c21. The summed E-state index contributed by atoms with van der Waals surface area (Å²) in [4.78, 5) is 26.2. The second-order valence-electron chi connectivity index (χ2n) is 7.50. The number of rotatable bonds is 7. The quantitative estimate of drug-likeness (QED) is 0.500. The molecule has 4 rings (SSSR count). The van der Waals surface area contributed by atoms with Crippen LogP contribution >= 0.6 is 0 Å². The van der Waals surface area contributed by atoms with E-state index in [-0.39, 0.29) is 11.5 Å². The number of para-hydroxylation sites is 2. The van der Waals surface area contributed by atoms with Crippen LogP contribution in [0.2, 0.25) is 0 Å². The smallest absolute Gasteiger partial charge is 0.291 e. The minimum atomic E-state index is -0.504. The van der Waals surface area contributed by atoms with E-state index in [0.717, 1.165) is 27.6 Å². The van der Waals surface area contributed by atoms with Gasteiger partial charge in [0.1, 0.15) is 17.3 Å². The largest absolute Gasteiger partial charge is 0.496 e. The number of aryl methyl sites for hydroxylation is 1. The van der Waals surface area contributed by atoms with E-state index >= 15 is 0 Å². The number of hydrogen-bond donors (Lipinski definition) is 1. The Labute approximate surface area is 180 Å². The number of carbonyl (C=O) groups is 1. The highest BCUT2D eigenvalue weighted by Crippen LogP contribution is 2.30. The molecular weight excluding hydrogens is 392 g/mol. The van der Waals surface area contributed by atoms with Crippen molar-refractivity contribution in [3.8, 4) is 5.75 Å². The molecule has 1 amide bonds. The predicted molar refractivity (Wildman–Crippen MR) is 122 cm³/mol. The molecule has 0 radical (unpaired) electrons. The van der Waals surface area contributed by atoms with Crippen molar-refractivity contribution in [3.05, 3.63) is 70.6 Å². The highest BCUT2D eigenvalue weighted by molar-refractivity contribution is 6.08. The minimum Gasteiger partial charge on any atom is -0.496 e. The number of methoxy groups -OCH3 is 1. The number of aromatic nitrogens is 3. The van der Waals surface area contributed by atoms with Gasteiger partial charge < -0.3 is 14.6 Å². The molecule has 1 N–H and O–H groups in total. The van der Waals surface area contributed by atoms with Crippen LogP contribution in [0.1, 0.15) is 24.9 Å². The molecule has 1 atom stereocenters. The second-order valence-corrected chi connectivity index (χ2v) is 7.50. The molecular formula is C24H26N4O3. The zero-order chi connectivity index (χ0) is 22.0. The Bertz CT molecular complexity index is 1310. The topological polar surface area (TPSA) is 78.2 Å². The highest BCUT2D eigenvalue weighted by Gasteiger charge is 2.25. The van der Waals surface area contributed by atoms with Crippen LogP contribution in [0, 0.1) is 0 Å². The third-order valence-corrected chi connectivity index (χ3v) is 5.69. The summed E-state index contributed by atoms with van der Waals surface area (Å²) in [5.74, 6) is 0.695. The number of amides is 1. The van der Waals surface area contributed by atoms with E-state index in [4.69, 9.17) is 4.74 Å². The molecule has 7 nitrogen and oxygen atoms in total. The molecule has 0 saturated carbocycles. The molecule has 0 aliphatic rings. The van der Waals surface area contributed by atoms with Gasteiger partial charge in [0.15, 0.2) is 0 Å². The van der Waals surface area contributed by atoms with Crippen LogP contribution in [0.15, 0.2) is 59.5 Å². The fourth-order valence-corrected chi connectivity index (χ4v) is 4.14. The third kappa shape index (κ3) is 3.67. The summed E-state index contributed by atoms with van der Waals surface area (Å²) >= 11 is 0. The fourth-order valence-electron chi connectivity index (χ4n) is 4.14. The number of ether oxygens (including phenoxy) is 1. The van der Waals surface area contributed by atoms with Crippen molar-refractivity contribution in [2.75, 3.05) is 13.7 Å². The van der Waals surface area contributed by atoms with Gasteiger partial charge in [-0.25, -0.2) is 4.68 Å². The summed E-state index contributed by atoms with van der Waals surface area (Å²) in [6.45, 7) is 2.43. The van der Waals surface area contributed by atoms with Gasteiger partial charge in [-0.2, -0.15) is 5.10 Å². The molecule has 31 heavy (non-hydrogen) atoms. The van der Waals surface area contributed by atoms with Gasteiger partial charge in [-0.3, -0.25) is 9.59 Å². The van der Waals surface area contributed by atoms with Gasteiger partial charge in [0.25, 0.3) is 5.56 Å². The van der Waals surface area contributed by atoms with Crippen LogP contribution in [0.5, 0.6) is 5.75 Å². The van der Waals surface area contributed by atoms with Gasteiger partial charge in [-0.05, 0) is 30.5 Å². The Balaban J connectivity index is 1.67. The summed E-state index contributed by atoms with van der Waals surface area (Å²) in [7, 11) is 3.26. The van der Waals surface area contributed by atoms with Crippen molar-refractivity contribution in [2.45, 2.75) is 25.8 Å². The first-order chi connectivity index (χ1) is 15.1. The standard InChI is InChI=1S/C24H26N4O3/c1-4-19(23(29)25-14-13-16-9-5-8-12-21(16)31-3)28-20-11-7-6-10-17(20)18-15-26-27(2)24(30)22(18)28/h5-12,15,19H,4,13-14H2,1-3H3,(H,25,29)/t19-/m0/s1. The predicted octanol–water partition coefficient (Wildman–Crippen LogP) is 3.21. The van der Waals surface area contributed by atoms with Crippen LogP contribution in [0.4, 0.5) is 0 Å². The monoisotopic (exact) mass is 418 g/mol. The van der Waals surface area contributed by atoms with Crippen LogP contribution in [0.3, 0.4) is 0 Å². The van der Waals surface area contributed by atoms with E-state index in [2.05, 4.69) is 10.4 Å². The summed E-state index contributed by atoms with van der Waals surface area (Å²) in [5, 5.41) is 8.91. The lowest BCUT2D eigenvalue weighted by Crippen LogP contribution is -2.34. The first-order valence-electron chi connectivity index (χ1n) is 10.4. The van der Waals surface area contributed by atoms with E-state index in [1.165, 1.54) is 4.68 Å². The number of benzene rings is 2. The Kier molecular flexibility index (Phi) is 5.75. The van der Waals surface area contributed by atoms with Gasteiger partial charge in [0.2, 0.25) is 5.91 Å². The lowest BCUT2D eigenvalue weighted by Gasteiger charge is -2.19. The Morgan fingerprint density at radius 2 is 1.87 bits per heavy atom. The molecule has 2 aromatic heterocycles. The summed E-state index contributed by atoms with van der Waals surface area (Å²) < 4.78 is 8.57. The maximum Gasteiger partial charge on any atom is 0.291 e. The molecule has 0 aliphatic heterocycles. The van der Waals surface area contributed by atoms with Gasteiger partial charge in [-0.1, -0.05) is 43.3 Å². The van der Waals surface area contributed by atoms with Crippen molar-refractivity contribution in [3.63, 3.8) is 0 Å². The van der Waals surface area contributed by atoms with Crippen molar-refractivity contribution >= 4 is 27.7 Å². The first-order valence-corrected chi connectivity index (χ1v) is 10.4. The molecule has 0 unspecified atom stereocenters. The van der Waals surface area contributed by atoms with Crippen molar-refractivity contribution in [1.82, 2.24) is 19.7 Å². The van der Waals surface area contributed by atoms with Gasteiger partial charge >= 0.3 is 0 Å². The van der Waals surface area contributed by atoms with E-state index in [1.54, 1.807) is 20.4 Å².